The van der Waals surface area contributed by atoms with Crippen molar-refractivity contribution in [3.8, 4) is 11.5 Å². The molecule has 0 aliphatic carbocycles. The second-order valence-corrected chi connectivity index (χ2v) is 16.1. The lowest BCUT2D eigenvalue weighted by atomic mass is 10.3. The van der Waals surface area contributed by atoms with Gasteiger partial charge < -0.3 is 9.05 Å². The van der Waals surface area contributed by atoms with Crippen molar-refractivity contribution in [2.45, 2.75) is 27.7 Å². The average Bonchev–Trinajstić information content (AvgIpc) is 2.74. The minimum absolute atomic E-state index is 0.747. The third kappa shape index (κ3) is 4.65. The highest BCUT2D eigenvalue weighted by Crippen LogP contribution is 2.78. The third-order valence-electron chi connectivity index (χ3n) is 4.85. The summed E-state index contributed by atoms with van der Waals surface area (Å²) < 4.78 is 28.9. The lowest BCUT2D eigenvalue weighted by Gasteiger charge is -2.34. The van der Waals surface area contributed by atoms with E-state index in [4.69, 9.17) is 22.6 Å². The van der Waals surface area contributed by atoms with Gasteiger partial charge in [-0.25, -0.2) is 4.52 Å². The average molecular weight is 437 g/mol. The molecule has 1 aliphatic heterocycles. The Morgan fingerprint density at radius 3 is 1.36 bits per heavy atom. The Bertz CT molecular complexity index is 886. The molecule has 5 nitrogen and oxygen atoms in total. The molecule has 2 aromatic carbocycles. The molecular weight excluding hydrogens is 407 g/mol. The van der Waals surface area contributed by atoms with E-state index >= 15 is 0 Å². The van der Waals surface area contributed by atoms with Crippen molar-refractivity contribution >= 4 is 22.1 Å². The Balaban J connectivity index is 2.25. The summed E-state index contributed by atoms with van der Waals surface area (Å²) in [5.41, 5.74) is 0. The molecule has 152 valence electrons. The molecule has 0 radical (unpaired) electrons. The molecule has 0 aromatic heterocycles. The maximum absolute atomic E-state index is 6.52. The maximum atomic E-state index is 6.52. The monoisotopic (exact) mass is 437 g/mol. The Morgan fingerprint density at radius 1 is 0.571 bits per heavy atom. The molecule has 0 amide bonds. The minimum Gasteiger partial charge on any atom is -0.414 e. The van der Waals surface area contributed by atoms with Gasteiger partial charge in [-0.2, -0.15) is 9.03 Å². The number of nitrogens with zero attached hydrogens (tertiary/aromatic N) is 3. The van der Waals surface area contributed by atoms with Gasteiger partial charge in [0.1, 0.15) is 11.5 Å². The van der Waals surface area contributed by atoms with Crippen molar-refractivity contribution in [3.05, 3.63) is 60.7 Å². The molecule has 0 atom stereocenters. The van der Waals surface area contributed by atoms with Crippen LogP contribution in [0.2, 0.25) is 0 Å². The Labute approximate surface area is 169 Å². The number of rotatable bonds is 8. The van der Waals surface area contributed by atoms with Crippen molar-refractivity contribution in [2.24, 2.45) is 13.5 Å². The number of para-hydroxylation sites is 2. The molecule has 1 heterocycles. The van der Waals surface area contributed by atoms with Gasteiger partial charge in [-0.1, -0.05) is 64.1 Å². The number of benzene rings is 2. The Kier molecular flexibility index (Phi) is 6.92. The minimum atomic E-state index is -2.89. The molecule has 3 rings (SSSR count). The van der Waals surface area contributed by atoms with Crippen LogP contribution < -0.4 is 9.05 Å². The fourth-order valence-electron chi connectivity index (χ4n) is 3.07. The van der Waals surface area contributed by atoms with Gasteiger partial charge in [0.25, 0.3) is 0 Å². The standard InChI is InChI=1S/C20H30N3O2P3/c1-5-26(6-2)21-27(7-3,8-4)23-28(22-26,24-19-15-11-9-12-16-19)25-20-17-13-10-14-18-20/h9-18H,5-8H2,1-4H3. The van der Waals surface area contributed by atoms with Gasteiger partial charge in [-0.05, 0) is 48.9 Å². The Hall–Kier alpha value is -1.27. The van der Waals surface area contributed by atoms with Gasteiger partial charge >= 0.3 is 7.66 Å². The van der Waals surface area contributed by atoms with Crippen molar-refractivity contribution < 1.29 is 9.05 Å². The predicted molar refractivity (Wildman–Crippen MR) is 124 cm³/mol. The molecule has 28 heavy (non-hydrogen) atoms. The number of hydrogen-bond acceptors (Lipinski definition) is 5. The molecule has 0 N–H and O–H groups in total. The van der Waals surface area contributed by atoms with Gasteiger partial charge in [0, 0.05) is 0 Å². The summed E-state index contributed by atoms with van der Waals surface area (Å²) in [6.07, 6.45) is 3.72. The molecule has 0 saturated heterocycles. The van der Waals surface area contributed by atoms with Crippen LogP contribution in [0.3, 0.4) is 0 Å². The fraction of sp³-hybridized carbons (Fsp3) is 0.400. The van der Waals surface area contributed by atoms with Gasteiger partial charge in [0.2, 0.25) is 0 Å². The molecule has 8 heteroatoms. The molecule has 0 spiro atoms. The maximum Gasteiger partial charge on any atom is 0.449 e. The lowest BCUT2D eigenvalue weighted by molar-refractivity contribution is 0.478. The van der Waals surface area contributed by atoms with Crippen LogP contribution in [0.15, 0.2) is 74.2 Å². The van der Waals surface area contributed by atoms with E-state index in [1.807, 2.05) is 60.7 Å². The predicted octanol–water partition coefficient (Wildman–Crippen LogP) is 8.42. The van der Waals surface area contributed by atoms with E-state index in [1.54, 1.807) is 0 Å². The van der Waals surface area contributed by atoms with Crippen molar-refractivity contribution in [1.29, 1.82) is 0 Å². The molecule has 1 aliphatic rings. The Morgan fingerprint density at radius 2 is 0.964 bits per heavy atom. The highest BCUT2D eigenvalue weighted by molar-refractivity contribution is 7.85. The van der Waals surface area contributed by atoms with Gasteiger partial charge in [-0.15, -0.1) is 0 Å². The molecule has 0 fully saturated rings. The van der Waals surface area contributed by atoms with Crippen LogP contribution in [-0.2, 0) is 0 Å². The first-order valence-electron chi connectivity index (χ1n) is 9.89. The SMILES string of the molecule is CCP1(CC)=NP(CC)(CC)=NP(Oc2ccccc2)(Oc2ccccc2)=N1. The van der Waals surface area contributed by atoms with E-state index < -0.39 is 22.1 Å². The van der Waals surface area contributed by atoms with Crippen LogP contribution in [-0.4, -0.2) is 24.6 Å². The van der Waals surface area contributed by atoms with E-state index in [-0.39, 0.29) is 0 Å². The normalized spacial score (nSPS) is 18.9. The summed E-state index contributed by atoms with van der Waals surface area (Å²) >= 11 is 0. The third-order valence-corrected chi connectivity index (χ3v) is 16.9. The fourth-order valence-corrected chi connectivity index (χ4v) is 16.7. The second-order valence-electron chi connectivity index (χ2n) is 6.59. The van der Waals surface area contributed by atoms with E-state index in [2.05, 4.69) is 27.7 Å². The zero-order chi connectivity index (χ0) is 20.1. The van der Waals surface area contributed by atoms with Gasteiger partial charge in [-0.3, -0.25) is 0 Å². The van der Waals surface area contributed by atoms with Crippen molar-refractivity contribution in [1.82, 2.24) is 0 Å². The van der Waals surface area contributed by atoms with E-state index in [1.165, 1.54) is 0 Å². The summed E-state index contributed by atoms with van der Waals surface area (Å²) in [6, 6.07) is 19.6. The van der Waals surface area contributed by atoms with Gasteiger partial charge in [0.15, 0.2) is 0 Å². The first-order valence-corrected chi connectivity index (χ1v) is 15.5. The molecule has 0 unspecified atom stereocenters. The smallest absolute Gasteiger partial charge is 0.414 e. The summed E-state index contributed by atoms with van der Waals surface area (Å²) in [4.78, 5) is 0. The van der Waals surface area contributed by atoms with Crippen LogP contribution in [0.4, 0.5) is 0 Å². The first-order chi connectivity index (χ1) is 13.5. The quantitative estimate of drug-likeness (QED) is 0.389. The molecule has 0 bridgehead atoms. The van der Waals surface area contributed by atoms with Crippen LogP contribution in [0.5, 0.6) is 11.5 Å². The van der Waals surface area contributed by atoms with Gasteiger partial charge in [0.05, 0.1) is 14.4 Å². The van der Waals surface area contributed by atoms with E-state index in [9.17, 15) is 0 Å². The van der Waals surface area contributed by atoms with Crippen LogP contribution >= 0.6 is 22.1 Å². The van der Waals surface area contributed by atoms with Crippen LogP contribution in [0, 0.1) is 0 Å². The first kappa shape index (κ1) is 21.4. The molecule has 0 saturated carbocycles. The van der Waals surface area contributed by atoms with E-state index in [0.717, 1.165) is 36.1 Å². The molecular formula is C20H30N3O2P3. The second kappa shape index (κ2) is 9.04. The summed E-state index contributed by atoms with van der Waals surface area (Å²) in [5, 5.41) is 0. The molecule has 2 aromatic rings. The van der Waals surface area contributed by atoms with Crippen molar-refractivity contribution in [3.63, 3.8) is 0 Å². The summed E-state index contributed by atoms with van der Waals surface area (Å²) in [7, 11) is -6.68. The number of hydrogen-bond donors (Lipinski definition) is 0. The van der Waals surface area contributed by atoms with Crippen molar-refractivity contribution in [2.75, 3.05) is 24.6 Å². The zero-order valence-electron chi connectivity index (χ0n) is 17.1. The van der Waals surface area contributed by atoms with Crippen LogP contribution in [0.1, 0.15) is 27.7 Å². The zero-order valence-corrected chi connectivity index (χ0v) is 19.8. The topological polar surface area (TPSA) is 55.5 Å². The largest absolute Gasteiger partial charge is 0.449 e. The van der Waals surface area contributed by atoms with Crippen LogP contribution in [0.25, 0.3) is 0 Å². The lowest BCUT2D eigenvalue weighted by Crippen LogP contribution is -2.05. The summed E-state index contributed by atoms with van der Waals surface area (Å²) in [5.74, 6) is 1.49. The summed E-state index contributed by atoms with van der Waals surface area (Å²) in [6.45, 7) is 8.76. The highest BCUT2D eigenvalue weighted by Gasteiger charge is 2.38. The van der Waals surface area contributed by atoms with E-state index in [0.29, 0.717) is 0 Å². The highest BCUT2D eigenvalue weighted by atomic mass is 31.3.